The summed E-state index contributed by atoms with van der Waals surface area (Å²) < 4.78 is 2.22. The smallest absolute Gasteiger partial charge is 0.0958 e. The minimum Gasteiger partial charge on any atom is -0.316 e. The number of hydrogen-bond acceptors (Lipinski definition) is 2. The molecule has 3 heteroatoms. The fourth-order valence-corrected chi connectivity index (χ4v) is 3.45. The van der Waals surface area contributed by atoms with Gasteiger partial charge in [0.25, 0.3) is 0 Å². The summed E-state index contributed by atoms with van der Waals surface area (Å²) in [6, 6.07) is 19.3. The molecule has 1 N–H and O–H groups in total. The molecule has 0 aliphatic carbocycles. The molecule has 0 unspecified atom stereocenters. The molecule has 0 spiro atoms. The monoisotopic (exact) mass is 317 g/mol. The molecule has 0 bridgehead atoms. The second kappa shape index (κ2) is 6.62. The highest BCUT2D eigenvalue weighted by Gasteiger charge is 2.20. The zero-order valence-corrected chi connectivity index (χ0v) is 14.1. The first kappa shape index (κ1) is 15.2. The summed E-state index contributed by atoms with van der Waals surface area (Å²) in [4.78, 5) is 0. The van der Waals surface area contributed by atoms with Crippen LogP contribution in [0, 0.1) is 6.92 Å². The number of aryl methyl sites for hydroxylation is 1. The van der Waals surface area contributed by atoms with Crippen LogP contribution < -0.4 is 5.32 Å². The third-order valence-corrected chi connectivity index (χ3v) is 4.76. The Morgan fingerprint density at radius 3 is 2.50 bits per heavy atom. The Morgan fingerprint density at radius 2 is 1.71 bits per heavy atom. The average molecular weight is 317 g/mol. The van der Waals surface area contributed by atoms with Gasteiger partial charge >= 0.3 is 0 Å². The van der Waals surface area contributed by atoms with Gasteiger partial charge in [0.05, 0.1) is 12.2 Å². The predicted molar refractivity (Wildman–Crippen MR) is 98.2 cm³/mol. The first-order valence-electron chi connectivity index (χ1n) is 8.71. The van der Waals surface area contributed by atoms with Crippen LogP contribution in [0.2, 0.25) is 0 Å². The van der Waals surface area contributed by atoms with Crippen molar-refractivity contribution in [2.45, 2.75) is 26.3 Å². The van der Waals surface area contributed by atoms with E-state index in [1.165, 1.54) is 27.9 Å². The van der Waals surface area contributed by atoms with Gasteiger partial charge in [-0.15, -0.1) is 0 Å². The van der Waals surface area contributed by atoms with Gasteiger partial charge in [-0.25, -0.2) is 0 Å². The fourth-order valence-electron chi connectivity index (χ4n) is 3.45. The molecule has 2 heterocycles. The Bertz CT molecular complexity index is 816. The van der Waals surface area contributed by atoms with Gasteiger partial charge in [-0.2, -0.15) is 5.10 Å². The molecule has 0 saturated heterocycles. The predicted octanol–water partition coefficient (Wildman–Crippen LogP) is 3.60. The summed E-state index contributed by atoms with van der Waals surface area (Å²) in [7, 11) is 0. The molecule has 0 amide bonds. The van der Waals surface area contributed by atoms with E-state index in [1.54, 1.807) is 0 Å². The largest absolute Gasteiger partial charge is 0.316 e. The molecule has 3 nitrogen and oxygen atoms in total. The summed E-state index contributed by atoms with van der Waals surface area (Å²) in [5, 5.41) is 8.53. The van der Waals surface area contributed by atoms with Gasteiger partial charge in [0, 0.05) is 29.8 Å². The molecule has 122 valence electrons. The number of hydrogen-bond donors (Lipinski definition) is 1. The van der Waals surface area contributed by atoms with Gasteiger partial charge < -0.3 is 5.32 Å². The van der Waals surface area contributed by atoms with Crippen LogP contribution in [0.4, 0.5) is 0 Å². The number of benzene rings is 2. The normalized spacial score (nSPS) is 14.2. The van der Waals surface area contributed by atoms with E-state index < -0.39 is 0 Å². The van der Waals surface area contributed by atoms with Crippen molar-refractivity contribution in [3.8, 4) is 11.3 Å². The second-order valence-electron chi connectivity index (χ2n) is 6.53. The van der Waals surface area contributed by atoms with E-state index in [-0.39, 0.29) is 0 Å². The van der Waals surface area contributed by atoms with E-state index in [0.29, 0.717) is 0 Å². The van der Waals surface area contributed by atoms with Gasteiger partial charge in [-0.1, -0.05) is 60.2 Å². The SMILES string of the molecule is Cc1ccc(Cn2nc(-c3ccccc3)c3c2CCNCC3)cc1. The molecule has 1 aliphatic heterocycles. The molecule has 0 atom stereocenters. The molecule has 24 heavy (non-hydrogen) atoms. The summed E-state index contributed by atoms with van der Waals surface area (Å²) in [6.45, 7) is 5.03. The van der Waals surface area contributed by atoms with Crippen molar-refractivity contribution in [1.82, 2.24) is 15.1 Å². The summed E-state index contributed by atoms with van der Waals surface area (Å²) in [6.07, 6.45) is 2.09. The molecule has 0 radical (unpaired) electrons. The van der Waals surface area contributed by atoms with E-state index in [0.717, 1.165) is 38.2 Å². The van der Waals surface area contributed by atoms with Gasteiger partial charge in [-0.05, 0) is 25.5 Å². The molecule has 1 aromatic heterocycles. The molecular formula is C21H23N3. The van der Waals surface area contributed by atoms with Crippen LogP contribution in [0.3, 0.4) is 0 Å². The van der Waals surface area contributed by atoms with Gasteiger partial charge in [0.15, 0.2) is 0 Å². The lowest BCUT2D eigenvalue weighted by atomic mass is 10.0. The van der Waals surface area contributed by atoms with Crippen molar-refractivity contribution in [3.63, 3.8) is 0 Å². The Hall–Kier alpha value is -2.39. The van der Waals surface area contributed by atoms with E-state index in [4.69, 9.17) is 5.10 Å². The lowest BCUT2D eigenvalue weighted by Gasteiger charge is -2.08. The molecule has 1 aliphatic rings. The summed E-state index contributed by atoms with van der Waals surface area (Å²) in [5.41, 5.74) is 7.78. The summed E-state index contributed by atoms with van der Waals surface area (Å²) in [5.74, 6) is 0. The maximum Gasteiger partial charge on any atom is 0.0958 e. The highest BCUT2D eigenvalue weighted by atomic mass is 15.3. The Balaban J connectivity index is 1.76. The molecule has 3 aromatic rings. The van der Waals surface area contributed by atoms with Crippen LogP contribution in [0.15, 0.2) is 54.6 Å². The number of nitrogens with one attached hydrogen (secondary N) is 1. The van der Waals surface area contributed by atoms with Crippen molar-refractivity contribution in [2.75, 3.05) is 13.1 Å². The zero-order valence-electron chi connectivity index (χ0n) is 14.1. The van der Waals surface area contributed by atoms with Crippen molar-refractivity contribution in [3.05, 3.63) is 77.0 Å². The fraction of sp³-hybridized carbons (Fsp3) is 0.286. The van der Waals surface area contributed by atoms with Gasteiger partial charge in [0.1, 0.15) is 0 Å². The topological polar surface area (TPSA) is 29.9 Å². The van der Waals surface area contributed by atoms with Gasteiger partial charge in [-0.3, -0.25) is 4.68 Å². The van der Waals surface area contributed by atoms with E-state index in [9.17, 15) is 0 Å². The third kappa shape index (κ3) is 3.00. The van der Waals surface area contributed by atoms with Crippen LogP contribution >= 0.6 is 0 Å². The Morgan fingerprint density at radius 1 is 0.958 bits per heavy atom. The number of aromatic nitrogens is 2. The minimum atomic E-state index is 0.843. The van der Waals surface area contributed by atoms with E-state index in [2.05, 4.69) is 71.5 Å². The van der Waals surface area contributed by atoms with Gasteiger partial charge in [0.2, 0.25) is 0 Å². The van der Waals surface area contributed by atoms with Crippen LogP contribution in [-0.2, 0) is 19.4 Å². The number of nitrogens with zero attached hydrogens (tertiary/aromatic N) is 2. The van der Waals surface area contributed by atoms with Crippen LogP contribution in [-0.4, -0.2) is 22.9 Å². The molecule has 0 saturated carbocycles. The van der Waals surface area contributed by atoms with Crippen molar-refractivity contribution in [1.29, 1.82) is 0 Å². The lowest BCUT2D eigenvalue weighted by Crippen LogP contribution is -2.17. The maximum atomic E-state index is 5.01. The highest BCUT2D eigenvalue weighted by molar-refractivity contribution is 5.64. The first-order chi connectivity index (χ1) is 11.8. The minimum absolute atomic E-state index is 0.843. The van der Waals surface area contributed by atoms with Crippen LogP contribution in [0.25, 0.3) is 11.3 Å². The Labute approximate surface area is 143 Å². The highest BCUT2D eigenvalue weighted by Crippen LogP contribution is 2.27. The summed E-state index contributed by atoms with van der Waals surface area (Å²) >= 11 is 0. The lowest BCUT2D eigenvalue weighted by molar-refractivity contribution is 0.628. The third-order valence-electron chi connectivity index (χ3n) is 4.76. The maximum absolute atomic E-state index is 5.01. The number of fused-ring (bicyclic) bond motifs is 1. The quantitative estimate of drug-likeness (QED) is 0.800. The van der Waals surface area contributed by atoms with Crippen molar-refractivity contribution < 1.29 is 0 Å². The molecular weight excluding hydrogens is 294 g/mol. The zero-order chi connectivity index (χ0) is 16.4. The number of rotatable bonds is 3. The van der Waals surface area contributed by atoms with Crippen molar-refractivity contribution in [2.24, 2.45) is 0 Å². The molecule has 0 fully saturated rings. The van der Waals surface area contributed by atoms with Crippen LogP contribution in [0.5, 0.6) is 0 Å². The second-order valence-corrected chi connectivity index (χ2v) is 6.53. The van der Waals surface area contributed by atoms with E-state index in [1.807, 2.05) is 0 Å². The average Bonchev–Trinajstić information content (AvgIpc) is 2.80. The Kier molecular flexibility index (Phi) is 4.18. The molecule has 2 aromatic carbocycles. The van der Waals surface area contributed by atoms with E-state index >= 15 is 0 Å². The van der Waals surface area contributed by atoms with Crippen molar-refractivity contribution >= 4 is 0 Å². The first-order valence-corrected chi connectivity index (χ1v) is 8.71. The molecule has 4 rings (SSSR count). The standard InChI is InChI=1S/C21H23N3/c1-16-7-9-17(10-8-16)15-24-20-12-14-22-13-11-19(20)21(23-24)18-5-3-2-4-6-18/h2-10,22H,11-15H2,1H3. The van der Waals surface area contributed by atoms with Crippen LogP contribution in [0.1, 0.15) is 22.4 Å².